The van der Waals surface area contributed by atoms with Gasteiger partial charge in [-0.1, -0.05) is 30.3 Å². The van der Waals surface area contributed by atoms with Crippen LogP contribution in [0.5, 0.6) is 5.75 Å². The van der Waals surface area contributed by atoms with E-state index in [0.29, 0.717) is 18.3 Å². The molecule has 0 saturated carbocycles. The maximum atomic E-state index is 12.2. The van der Waals surface area contributed by atoms with Crippen LogP contribution >= 0.6 is 0 Å². The summed E-state index contributed by atoms with van der Waals surface area (Å²) >= 11 is 0. The van der Waals surface area contributed by atoms with Crippen LogP contribution in [0.1, 0.15) is 18.4 Å². The van der Waals surface area contributed by atoms with E-state index in [0.717, 1.165) is 25.2 Å². The fourth-order valence-corrected chi connectivity index (χ4v) is 2.83. The Hall–Kier alpha value is -2.07. The van der Waals surface area contributed by atoms with Crippen molar-refractivity contribution in [2.24, 2.45) is 5.92 Å². The minimum Gasteiger partial charge on any atom is -0.489 e. The number of rotatable bonds is 5. The zero-order valence-corrected chi connectivity index (χ0v) is 12.7. The third kappa shape index (κ3) is 3.98. The van der Waals surface area contributed by atoms with Crippen molar-refractivity contribution in [3.05, 3.63) is 64.6 Å². The molecule has 1 unspecified atom stereocenters. The summed E-state index contributed by atoms with van der Waals surface area (Å²) in [5, 5.41) is 3.38. The quantitative estimate of drug-likeness (QED) is 0.922. The minimum atomic E-state index is 0.0103. The average molecular weight is 298 g/mol. The second kappa shape index (κ2) is 7.27. The number of piperidine rings is 1. The summed E-state index contributed by atoms with van der Waals surface area (Å²) in [5.74, 6) is 1.18. The normalized spacial score (nSPS) is 18.1. The lowest BCUT2D eigenvalue weighted by molar-refractivity contribution is 0.302. The zero-order valence-electron chi connectivity index (χ0n) is 12.7. The molecule has 0 radical (unpaired) electrons. The molecule has 2 aromatic rings. The first-order valence-electron chi connectivity index (χ1n) is 7.89. The van der Waals surface area contributed by atoms with Crippen LogP contribution in [0.4, 0.5) is 0 Å². The highest BCUT2D eigenvalue weighted by Crippen LogP contribution is 2.13. The van der Waals surface area contributed by atoms with Gasteiger partial charge in [0.15, 0.2) is 0 Å². The van der Waals surface area contributed by atoms with Gasteiger partial charge in [0.2, 0.25) is 0 Å². The summed E-state index contributed by atoms with van der Waals surface area (Å²) in [5.41, 5.74) is 1.11. The smallest absolute Gasteiger partial charge is 0.254 e. The third-order valence-corrected chi connectivity index (χ3v) is 4.07. The van der Waals surface area contributed by atoms with Gasteiger partial charge in [-0.2, -0.15) is 0 Å². The van der Waals surface area contributed by atoms with E-state index < -0.39 is 0 Å². The summed E-state index contributed by atoms with van der Waals surface area (Å²) in [4.78, 5) is 12.2. The van der Waals surface area contributed by atoms with Crippen molar-refractivity contribution in [1.29, 1.82) is 0 Å². The highest BCUT2D eigenvalue weighted by atomic mass is 16.5. The Labute approximate surface area is 130 Å². The molecular formula is C18H22N2O2. The molecule has 0 aliphatic carbocycles. The van der Waals surface area contributed by atoms with Crippen molar-refractivity contribution in [3.63, 3.8) is 0 Å². The summed E-state index contributed by atoms with van der Waals surface area (Å²) < 4.78 is 7.48. The Bertz CT molecular complexity index is 646. The molecule has 4 nitrogen and oxygen atoms in total. The lowest BCUT2D eigenvalue weighted by Gasteiger charge is -2.23. The van der Waals surface area contributed by atoms with Crippen LogP contribution in [0.25, 0.3) is 0 Å². The van der Waals surface area contributed by atoms with E-state index >= 15 is 0 Å². The first-order valence-corrected chi connectivity index (χ1v) is 7.89. The van der Waals surface area contributed by atoms with Gasteiger partial charge in [0.1, 0.15) is 12.4 Å². The van der Waals surface area contributed by atoms with Gasteiger partial charge in [-0.25, -0.2) is 0 Å². The summed E-state index contributed by atoms with van der Waals surface area (Å²) in [6.45, 7) is 3.36. The Morgan fingerprint density at radius 2 is 2.09 bits per heavy atom. The van der Waals surface area contributed by atoms with Gasteiger partial charge in [0.05, 0.1) is 0 Å². The molecule has 0 spiro atoms. The Balaban J connectivity index is 1.60. The standard InChI is InChI=1S/C18H22N2O2/c21-18-11-17(22-14-15-5-2-1-3-6-15)8-10-20(18)13-16-7-4-9-19-12-16/h1-3,5-6,8,10-11,16,19H,4,7,9,12-14H2. The van der Waals surface area contributed by atoms with Gasteiger partial charge in [-0.15, -0.1) is 0 Å². The Morgan fingerprint density at radius 3 is 2.82 bits per heavy atom. The summed E-state index contributed by atoms with van der Waals surface area (Å²) in [7, 11) is 0. The number of hydrogen-bond acceptors (Lipinski definition) is 3. The van der Waals surface area contributed by atoms with Crippen LogP contribution in [0.2, 0.25) is 0 Å². The lowest BCUT2D eigenvalue weighted by Crippen LogP contribution is -2.34. The van der Waals surface area contributed by atoms with Crippen LogP contribution < -0.4 is 15.6 Å². The van der Waals surface area contributed by atoms with Gasteiger partial charge in [-0.05, 0) is 43.5 Å². The fraction of sp³-hybridized carbons (Fsp3) is 0.389. The number of aromatic nitrogens is 1. The highest BCUT2D eigenvalue weighted by Gasteiger charge is 2.14. The topological polar surface area (TPSA) is 43.3 Å². The maximum absolute atomic E-state index is 12.2. The fourth-order valence-electron chi connectivity index (χ4n) is 2.83. The van der Waals surface area contributed by atoms with Crippen molar-refractivity contribution in [2.75, 3.05) is 13.1 Å². The zero-order chi connectivity index (χ0) is 15.2. The van der Waals surface area contributed by atoms with Gasteiger partial charge in [0, 0.05) is 18.8 Å². The van der Waals surface area contributed by atoms with Gasteiger partial charge >= 0.3 is 0 Å². The molecule has 3 rings (SSSR count). The predicted molar refractivity (Wildman–Crippen MR) is 87.1 cm³/mol. The van der Waals surface area contributed by atoms with Crippen molar-refractivity contribution in [2.45, 2.75) is 26.0 Å². The molecule has 1 aromatic heterocycles. The SMILES string of the molecule is O=c1cc(OCc2ccccc2)ccn1CC1CCCNC1. The molecule has 1 aromatic carbocycles. The number of pyridine rings is 1. The lowest BCUT2D eigenvalue weighted by atomic mass is 10.00. The van der Waals surface area contributed by atoms with E-state index in [4.69, 9.17) is 4.74 Å². The van der Waals surface area contributed by atoms with E-state index in [1.54, 1.807) is 10.6 Å². The molecule has 1 saturated heterocycles. The molecule has 2 heterocycles. The minimum absolute atomic E-state index is 0.0103. The van der Waals surface area contributed by atoms with E-state index in [-0.39, 0.29) is 5.56 Å². The first-order chi connectivity index (χ1) is 10.8. The van der Waals surface area contributed by atoms with E-state index in [9.17, 15) is 4.79 Å². The van der Waals surface area contributed by atoms with Crippen molar-refractivity contribution in [3.8, 4) is 5.75 Å². The Kier molecular flexibility index (Phi) is 4.91. The molecule has 0 amide bonds. The molecule has 22 heavy (non-hydrogen) atoms. The molecule has 1 atom stereocenters. The highest BCUT2D eigenvalue weighted by molar-refractivity contribution is 5.20. The van der Waals surface area contributed by atoms with Crippen molar-refractivity contribution >= 4 is 0 Å². The monoisotopic (exact) mass is 298 g/mol. The number of nitrogens with one attached hydrogen (secondary N) is 1. The third-order valence-electron chi connectivity index (χ3n) is 4.07. The van der Waals surface area contributed by atoms with E-state index in [1.165, 1.54) is 12.8 Å². The van der Waals surface area contributed by atoms with Crippen LogP contribution in [-0.4, -0.2) is 17.7 Å². The molecule has 4 heteroatoms. The summed E-state index contributed by atoms with van der Waals surface area (Å²) in [6, 6.07) is 13.4. The largest absolute Gasteiger partial charge is 0.489 e. The molecule has 1 fully saturated rings. The van der Waals surface area contributed by atoms with Gasteiger partial charge < -0.3 is 14.6 Å². The Morgan fingerprint density at radius 1 is 1.23 bits per heavy atom. The second-order valence-corrected chi connectivity index (χ2v) is 5.84. The number of nitrogens with zero attached hydrogens (tertiary/aromatic N) is 1. The first kappa shape index (κ1) is 14.9. The molecule has 116 valence electrons. The number of ether oxygens (including phenoxy) is 1. The maximum Gasteiger partial charge on any atom is 0.254 e. The van der Waals surface area contributed by atoms with Crippen LogP contribution in [0, 0.1) is 5.92 Å². The number of benzene rings is 1. The summed E-state index contributed by atoms with van der Waals surface area (Å²) in [6.07, 6.45) is 4.22. The van der Waals surface area contributed by atoms with Gasteiger partial charge in [0.25, 0.3) is 5.56 Å². The average Bonchev–Trinajstić information content (AvgIpc) is 2.57. The molecule has 1 N–H and O–H groups in total. The molecule has 0 bridgehead atoms. The van der Waals surface area contributed by atoms with E-state index in [1.807, 2.05) is 42.6 Å². The second-order valence-electron chi connectivity index (χ2n) is 5.84. The van der Waals surface area contributed by atoms with Gasteiger partial charge in [-0.3, -0.25) is 4.79 Å². The van der Waals surface area contributed by atoms with E-state index in [2.05, 4.69) is 5.32 Å². The van der Waals surface area contributed by atoms with Crippen LogP contribution in [0.3, 0.4) is 0 Å². The van der Waals surface area contributed by atoms with Crippen molar-refractivity contribution < 1.29 is 4.74 Å². The molecular weight excluding hydrogens is 276 g/mol. The van der Waals surface area contributed by atoms with Crippen LogP contribution in [0.15, 0.2) is 53.5 Å². The van der Waals surface area contributed by atoms with Crippen molar-refractivity contribution in [1.82, 2.24) is 9.88 Å². The molecule has 1 aliphatic rings. The molecule has 1 aliphatic heterocycles. The number of hydrogen-bond donors (Lipinski definition) is 1. The van der Waals surface area contributed by atoms with Crippen LogP contribution in [-0.2, 0) is 13.2 Å². The predicted octanol–water partition coefficient (Wildman–Crippen LogP) is 2.43.